The first kappa shape index (κ1) is 17.0. The van der Waals surface area contributed by atoms with Crippen molar-refractivity contribution in [2.75, 3.05) is 5.32 Å². The van der Waals surface area contributed by atoms with Gasteiger partial charge in [-0.2, -0.15) is 0 Å². The lowest BCUT2D eigenvalue weighted by atomic mass is 10.0. The quantitative estimate of drug-likeness (QED) is 0.405. The first-order chi connectivity index (χ1) is 12.7. The van der Waals surface area contributed by atoms with Crippen molar-refractivity contribution in [2.45, 2.75) is 0 Å². The second-order valence-corrected chi connectivity index (χ2v) is 7.40. The van der Waals surface area contributed by atoms with E-state index in [1.54, 1.807) is 12.1 Å². The predicted octanol–water partition coefficient (Wildman–Crippen LogP) is 6.92. The Morgan fingerprint density at radius 3 is 2.12 bits per heavy atom. The monoisotopic (exact) mass is 397 g/mol. The smallest absolute Gasteiger partial charge is 0.210 e. The van der Waals surface area contributed by atoms with Crippen molar-refractivity contribution in [3.8, 4) is 21.7 Å². The molecule has 3 nitrogen and oxygen atoms in total. The number of hydrogen-bond donors (Lipinski definition) is 1. The molecule has 0 spiro atoms. The molecule has 4 rings (SSSR count). The SMILES string of the molecule is Clc1ccc(Nc2nnc(-c3ccc(-c4ccccc4)cc3)s2)cc1Cl. The number of aromatic nitrogens is 2. The lowest BCUT2D eigenvalue weighted by Crippen LogP contribution is -1.89. The Morgan fingerprint density at radius 1 is 0.692 bits per heavy atom. The van der Waals surface area contributed by atoms with Crippen LogP contribution in [-0.2, 0) is 0 Å². The molecule has 1 heterocycles. The molecule has 6 heteroatoms. The summed E-state index contributed by atoms with van der Waals surface area (Å²) >= 11 is 13.5. The molecule has 0 aliphatic rings. The van der Waals surface area contributed by atoms with Gasteiger partial charge in [-0.25, -0.2) is 0 Å². The molecule has 26 heavy (non-hydrogen) atoms. The zero-order chi connectivity index (χ0) is 17.9. The van der Waals surface area contributed by atoms with Crippen LogP contribution < -0.4 is 5.32 Å². The number of hydrogen-bond acceptors (Lipinski definition) is 4. The van der Waals surface area contributed by atoms with E-state index in [9.17, 15) is 0 Å². The fourth-order valence-corrected chi connectivity index (χ4v) is 3.59. The Labute approximate surface area is 165 Å². The molecule has 0 radical (unpaired) electrons. The van der Waals surface area contributed by atoms with Gasteiger partial charge in [0.25, 0.3) is 0 Å². The van der Waals surface area contributed by atoms with Crippen LogP contribution in [0.2, 0.25) is 10.0 Å². The van der Waals surface area contributed by atoms with Crippen molar-refractivity contribution in [3.05, 3.63) is 82.8 Å². The van der Waals surface area contributed by atoms with E-state index < -0.39 is 0 Å². The topological polar surface area (TPSA) is 37.8 Å². The molecule has 0 bridgehead atoms. The maximum absolute atomic E-state index is 6.04. The number of nitrogens with zero attached hydrogens (tertiary/aromatic N) is 2. The van der Waals surface area contributed by atoms with Crippen molar-refractivity contribution < 1.29 is 0 Å². The van der Waals surface area contributed by atoms with Gasteiger partial charge in [0.15, 0.2) is 0 Å². The second kappa shape index (κ2) is 7.46. The van der Waals surface area contributed by atoms with Crippen molar-refractivity contribution in [2.24, 2.45) is 0 Å². The van der Waals surface area contributed by atoms with Crippen LogP contribution >= 0.6 is 34.5 Å². The van der Waals surface area contributed by atoms with E-state index in [1.165, 1.54) is 22.5 Å². The standard InChI is InChI=1S/C20H13Cl2N3S/c21-17-11-10-16(12-18(17)22)23-20-25-24-19(26-20)15-8-6-14(7-9-15)13-4-2-1-3-5-13/h1-12H,(H,23,25). The van der Waals surface area contributed by atoms with Crippen molar-refractivity contribution >= 4 is 45.4 Å². The molecular weight excluding hydrogens is 385 g/mol. The minimum Gasteiger partial charge on any atom is -0.330 e. The summed E-state index contributed by atoms with van der Waals surface area (Å²) in [6.45, 7) is 0. The van der Waals surface area contributed by atoms with Crippen LogP contribution in [0.1, 0.15) is 0 Å². The molecule has 128 valence electrons. The lowest BCUT2D eigenvalue weighted by Gasteiger charge is -2.03. The molecule has 0 amide bonds. The average molecular weight is 398 g/mol. The minimum atomic E-state index is 0.498. The van der Waals surface area contributed by atoms with Gasteiger partial charge in [0.05, 0.1) is 10.0 Å². The molecular formula is C20H13Cl2N3S. The molecule has 1 aromatic heterocycles. The van der Waals surface area contributed by atoms with Crippen LogP contribution in [0.3, 0.4) is 0 Å². The van der Waals surface area contributed by atoms with Gasteiger partial charge in [-0.1, -0.05) is 89.1 Å². The minimum absolute atomic E-state index is 0.498. The normalized spacial score (nSPS) is 10.7. The van der Waals surface area contributed by atoms with Gasteiger partial charge >= 0.3 is 0 Å². The van der Waals surface area contributed by atoms with Gasteiger partial charge in [0, 0.05) is 11.3 Å². The van der Waals surface area contributed by atoms with Crippen LogP contribution in [-0.4, -0.2) is 10.2 Å². The summed E-state index contributed by atoms with van der Waals surface area (Å²) in [5.41, 5.74) is 4.22. The molecule has 0 atom stereocenters. The van der Waals surface area contributed by atoms with Gasteiger partial charge in [-0.05, 0) is 29.3 Å². The average Bonchev–Trinajstić information content (AvgIpc) is 3.14. The summed E-state index contributed by atoms with van der Waals surface area (Å²) in [7, 11) is 0. The Morgan fingerprint density at radius 2 is 1.38 bits per heavy atom. The summed E-state index contributed by atoms with van der Waals surface area (Å²) in [5.74, 6) is 0. The number of rotatable bonds is 4. The van der Waals surface area contributed by atoms with Crippen LogP contribution in [0.5, 0.6) is 0 Å². The van der Waals surface area contributed by atoms with Gasteiger partial charge in [-0.15, -0.1) is 10.2 Å². The fraction of sp³-hybridized carbons (Fsp3) is 0. The van der Waals surface area contributed by atoms with Gasteiger partial charge in [-0.3, -0.25) is 0 Å². The van der Waals surface area contributed by atoms with E-state index in [1.807, 2.05) is 24.3 Å². The van der Waals surface area contributed by atoms with E-state index in [4.69, 9.17) is 23.2 Å². The highest BCUT2D eigenvalue weighted by molar-refractivity contribution is 7.18. The van der Waals surface area contributed by atoms with Crippen LogP contribution in [0.15, 0.2) is 72.8 Å². The molecule has 3 aromatic carbocycles. The second-order valence-electron chi connectivity index (χ2n) is 5.61. The summed E-state index contributed by atoms with van der Waals surface area (Å²) in [5, 5.41) is 14.2. The third-order valence-electron chi connectivity index (χ3n) is 3.83. The highest BCUT2D eigenvalue weighted by Crippen LogP contribution is 2.31. The molecule has 1 N–H and O–H groups in total. The Balaban J connectivity index is 1.53. The molecule has 0 fully saturated rings. The summed E-state index contributed by atoms with van der Waals surface area (Å²) in [6, 6.07) is 24.0. The summed E-state index contributed by atoms with van der Waals surface area (Å²) in [4.78, 5) is 0. The maximum atomic E-state index is 6.04. The molecule has 0 unspecified atom stereocenters. The van der Waals surface area contributed by atoms with E-state index in [0.717, 1.165) is 16.3 Å². The molecule has 0 saturated carbocycles. The fourth-order valence-electron chi connectivity index (χ4n) is 2.52. The first-order valence-electron chi connectivity index (χ1n) is 7.90. The molecule has 0 aliphatic carbocycles. The number of benzene rings is 3. The molecule has 4 aromatic rings. The largest absolute Gasteiger partial charge is 0.330 e. The number of anilines is 2. The van der Waals surface area contributed by atoms with E-state index in [0.29, 0.717) is 15.2 Å². The van der Waals surface area contributed by atoms with E-state index in [2.05, 4.69) is 51.9 Å². The zero-order valence-electron chi connectivity index (χ0n) is 13.5. The van der Waals surface area contributed by atoms with Gasteiger partial charge in [0.2, 0.25) is 5.13 Å². The Hall–Kier alpha value is -2.40. The number of halogens is 2. The van der Waals surface area contributed by atoms with Gasteiger partial charge < -0.3 is 5.32 Å². The highest BCUT2D eigenvalue weighted by Gasteiger charge is 2.08. The Kier molecular flexibility index (Phi) is 4.89. The lowest BCUT2D eigenvalue weighted by molar-refractivity contribution is 1.10. The van der Waals surface area contributed by atoms with Gasteiger partial charge in [0.1, 0.15) is 5.01 Å². The van der Waals surface area contributed by atoms with Crippen LogP contribution in [0.25, 0.3) is 21.7 Å². The van der Waals surface area contributed by atoms with Crippen molar-refractivity contribution in [1.29, 1.82) is 0 Å². The van der Waals surface area contributed by atoms with Crippen LogP contribution in [0.4, 0.5) is 10.8 Å². The van der Waals surface area contributed by atoms with E-state index >= 15 is 0 Å². The maximum Gasteiger partial charge on any atom is 0.210 e. The molecule has 0 aliphatic heterocycles. The molecule has 0 saturated heterocycles. The van der Waals surface area contributed by atoms with Crippen molar-refractivity contribution in [3.63, 3.8) is 0 Å². The third-order valence-corrected chi connectivity index (χ3v) is 5.46. The Bertz CT molecular complexity index is 1030. The van der Waals surface area contributed by atoms with Crippen LogP contribution in [0, 0.1) is 0 Å². The third kappa shape index (κ3) is 3.73. The summed E-state index contributed by atoms with van der Waals surface area (Å²) < 4.78 is 0. The van der Waals surface area contributed by atoms with Crippen molar-refractivity contribution in [1.82, 2.24) is 10.2 Å². The highest BCUT2D eigenvalue weighted by atomic mass is 35.5. The number of nitrogens with one attached hydrogen (secondary N) is 1. The zero-order valence-corrected chi connectivity index (χ0v) is 15.8. The predicted molar refractivity (Wildman–Crippen MR) is 111 cm³/mol. The van der Waals surface area contributed by atoms with E-state index in [-0.39, 0.29) is 0 Å². The summed E-state index contributed by atoms with van der Waals surface area (Å²) in [6.07, 6.45) is 0. The first-order valence-corrected chi connectivity index (χ1v) is 9.48.